The molecular weight excluding hydrogens is 1950 g/mol. The Morgan fingerprint density at radius 3 is 1.30 bits per heavy atom. The molecule has 12 aromatic rings. The predicted molar refractivity (Wildman–Crippen MR) is 436 cm³/mol. The standard InChI is InChI=1S/C22H26N8O12P2.C21H24FN9O13P2.C21H24N8O14P2/c23-11-1-3-25-17-10(11)2-4-29(17)21-15(31)16-13(40-21)7-38-43(33,34)41-12-5-9(6-37-44(35,36)42-16)39-20(12)30-8-26-14-18(30)27-22(24)28-19(14)32;22-21-4-40-46(37,38)43-12-8(41-18(11(12)32)30-5-26-9-7(23)1-2-25-15(9)30)3-39-45(35,36)44-13(14(21)33)19(42-21)31-6-27-10-16(31)28-20(24)29-17(10)34;22-7-1-2-23-16-10(7)24-5-28(16)19-13(31)14-9(41-19)4-39-45(36,37)43-15-12(30)8(3-38-44(34,35)42-14)40-20(15)29-6-25-11-17(29)26-21(33)27-18(11)32/h1-4,8-9,12-13,15-16,20-21,31H,5-7H2,(H2,23,25)(H,33,34)(H,35,36)(H3,24,27,28,32);1-2,5-6,8,11-14,18-19,32-33H,3-4H2,(H2,23,25)(H,35,36)(H,37,38)(H3,24,28,29,34);1-2,5-6,8-9,12-15,19-20,30-31H,3-4H2,(H2,22,23)(H,34,35)(H,36,37)(H2,26,27,32,33)/t9-,12+,13+,15+,16+,20+,21+;8-,11-,12-,13-,14+,18-,19-,21-;8-,9-,12-,13-,14-,15-,19-,20-/m011/s1. The molecule has 21 heterocycles. The first-order chi connectivity index (χ1) is 63.9. The Morgan fingerprint density at radius 2 is 0.778 bits per heavy atom. The quantitative estimate of drug-likeness (QED) is 0.0716. The lowest BCUT2D eigenvalue weighted by Gasteiger charge is -2.26. The maximum Gasteiger partial charge on any atom is 0.472 e. The summed E-state index contributed by atoms with van der Waals surface area (Å²) in [5, 5.41) is 55.8. The molecule has 0 aromatic carbocycles. The molecule has 0 saturated carbocycles. The minimum atomic E-state index is -5.34. The summed E-state index contributed by atoms with van der Waals surface area (Å²) < 4.78 is 199. The number of nitrogens with zero attached hydrogens (tertiary/aromatic N) is 16. The van der Waals surface area contributed by atoms with Crippen molar-refractivity contribution in [2.75, 3.05) is 68.3 Å². The molecule has 0 spiro atoms. The largest absolute Gasteiger partial charge is 0.472 e. The number of hydrogen-bond donors (Lipinski definition) is 20. The Bertz CT molecular complexity index is 7210. The van der Waals surface area contributed by atoms with Crippen LogP contribution in [0.5, 0.6) is 0 Å². The van der Waals surface area contributed by atoms with Crippen molar-refractivity contribution in [2.24, 2.45) is 0 Å². The number of aliphatic hydroxyl groups excluding tert-OH is 5. The lowest BCUT2D eigenvalue weighted by molar-refractivity contribution is -0.204. The summed E-state index contributed by atoms with van der Waals surface area (Å²) in [4.78, 5) is 162. The number of H-pyrrole nitrogens is 4. The third-order valence-electron chi connectivity index (χ3n) is 22.4. The molecule has 25 N–H and O–H groups in total. The highest BCUT2D eigenvalue weighted by Crippen LogP contribution is 2.60. The van der Waals surface area contributed by atoms with Gasteiger partial charge in [-0.15, -0.1) is 0 Å². The maximum absolute atomic E-state index is 16.2. The number of rotatable bonds is 6. The second-order valence-corrected chi connectivity index (χ2v) is 39.5. The molecule has 9 aliphatic heterocycles. The molecule has 0 amide bonds. The van der Waals surface area contributed by atoms with E-state index in [4.69, 9.17) is 111 Å². The Kier molecular flexibility index (Phi) is 24.4. The number of phosphoric acid groups is 6. The van der Waals surface area contributed by atoms with Gasteiger partial charge in [0, 0.05) is 42.3 Å². The van der Waals surface area contributed by atoms with Crippen molar-refractivity contribution in [2.45, 2.75) is 147 Å². The number of nitrogen functional groups attached to an aromatic ring is 5. The second kappa shape index (κ2) is 35.1. The smallest absolute Gasteiger partial charge is 0.398 e. The van der Waals surface area contributed by atoms with Crippen molar-refractivity contribution in [3.63, 3.8) is 0 Å². The Hall–Kier alpha value is -10.1. The van der Waals surface area contributed by atoms with Gasteiger partial charge in [0.25, 0.3) is 22.5 Å². The van der Waals surface area contributed by atoms with Gasteiger partial charge in [-0.2, -0.15) is 9.97 Å². The molecule has 29 atom stereocenters. The number of aromatic nitrogens is 20. The molecule has 9 saturated heterocycles. The third-order valence-corrected chi connectivity index (χ3v) is 28.3. The number of phosphoric ester groups is 6. The minimum Gasteiger partial charge on any atom is -0.398 e. The molecule has 0 aliphatic carbocycles. The van der Waals surface area contributed by atoms with E-state index in [-0.39, 0.29) is 85.5 Å². The van der Waals surface area contributed by atoms with Gasteiger partial charge in [0.2, 0.25) is 11.9 Å². The summed E-state index contributed by atoms with van der Waals surface area (Å²) in [6.07, 6.45) is -23.7. The fourth-order valence-electron chi connectivity index (χ4n) is 16.3. The normalized spacial score (nSPS) is 37.7. The fourth-order valence-corrected chi connectivity index (χ4v) is 22.0. The molecular formula is C64H74FN25O39P6. The number of ether oxygens (including phenoxy) is 6. The molecule has 64 nitrogen and oxygen atoms in total. The topological polar surface area (TPSA) is 911 Å². The van der Waals surface area contributed by atoms with Crippen LogP contribution in [0.4, 0.5) is 33.3 Å². The zero-order valence-electron chi connectivity index (χ0n) is 67.6. The highest BCUT2D eigenvalue weighted by Gasteiger charge is 2.63. The summed E-state index contributed by atoms with van der Waals surface area (Å²) in [5.41, 5.74) is 27.0. The molecule has 71 heteroatoms. The van der Waals surface area contributed by atoms with Gasteiger partial charge in [0.05, 0.1) is 82.1 Å². The lowest BCUT2D eigenvalue weighted by atomic mass is 10.1. The average Bonchev–Trinajstić information content (AvgIpc) is 1.59. The van der Waals surface area contributed by atoms with E-state index in [0.717, 1.165) is 21.8 Å². The van der Waals surface area contributed by atoms with Crippen molar-refractivity contribution < 1.29 is 169 Å². The number of hydrogen-bond acceptors (Lipinski definition) is 48. The number of aliphatic hydroxyl groups is 5. The Morgan fingerprint density at radius 1 is 0.378 bits per heavy atom. The minimum absolute atomic E-state index is 0.00611. The van der Waals surface area contributed by atoms with Gasteiger partial charge in [-0.1, -0.05) is 0 Å². The van der Waals surface area contributed by atoms with Crippen molar-refractivity contribution in [1.29, 1.82) is 0 Å². The van der Waals surface area contributed by atoms with Crippen LogP contribution in [0.15, 0.2) is 99.9 Å². The van der Waals surface area contributed by atoms with Crippen LogP contribution < -0.4 is 51.0 Å². The van der Waals surface area contributed by atoms with Gasteiger partial charge in [-0.25, -0.2) is 76.4 Å². The van der Waals surface area contributed by atoms with Gasteiger partial charge in [-0.05, 0) is 24.3 Å². The van der Waals surface area contributed by atoms with E-state index >= 15 is 4.39 Å². The molecule has 726 valence electrons. The number of pyridine rings is 3. The van der Waals surface area contributed by atoms with E-state index in [1.54, 1.807) is 18.3 Å². The van der Waals surface area contributed by atoms with E-state index in [0.29, 0.717) is 16.7 Å². The van der Waals surface area contributed by atoms with Crippen LogP contribution in [-0.2, 0) is 110 Å². The maximum atomic E-state index is 16.2. The number of halogens is 1. The summed E-state index contributed by atoms with van der Waals surface area (Å²) in [6, 6.07) is 6.22. The van der Waals surface area contributed by atoms with Gasteiger partial charge in [0.1, 0.15) is 120 Å². The average molecular weight is 2020 g/mol. The van der Waals surface area contributed by atoms with Crippen molar-refractivity contribution >= 4 is 143 Å². The highest BCUT2D eigenvalue weighted by molar-refractivity contribution is 7.48. The van der Waals surface area contributed by atoms with E-state index < -0.39 is 250 Å². The van der Waals surface area contributed by atoms with E-state index in [1.165, 1.54) is 68.0 Å². The number of fused-ring (bicyclic) bond motifs is 15. The monoisotopic (exact) mass is 2020 g/mol. The Labute approximate surface area is 744 Å². The zero-order chi connectivity index (χ0) is 95.6. The number of aromatic amines is 4. The van der Waals surface area contributed by atoms with Crippen LogP contribution in [-0.4, -0.2) is 295 Å². The van der Waals surface area contributed by atoms with Crippen molar-refractivity contribution in [3.8, 4) is 0 Å². The van der Waals surface area contributed by atoms with Crippen LogP contribution in [0.3, 0.4) is 0 Å². The van der Waals surface area contributed by atoms with Gasteiger partial charge >= 0.3 is 52.6 Å². The molecule has 6 unspecified atom stereocenters. The van der Waals surface area contributed by atoms with E-state index in [1.807, 2.05) is 4.98 Å². The first-order valence-corrected chi connectivity index (χ1v) is 48.3. The van der Waals surface area contributed by atoms with E-state index in [9.17, 15) is 101 Å². The molecule has 21 rings (SSSR count). The molecule has 9 aliphatic rings. The van der Waals surface area contributed by atoms with Gasteiger partial charge in [-0.3, -0.25) is 111 Å². The van der Waals surface area contributed by atoms with Crippen LogP contribution in [0, 0.1) is 0 Å². The summed E-state index contributed by atoms with van der Waals surface area (Å²) in [7, 11) is -30.6. The van der Waals surface area contributed by atoms with Crippen LogP contribution in [0.25, 0.3) is 66.9 Å². The zero-order valence-corrected chi connectivity index (χ0v) is 73.0. The van der Waals surface area contributed by atoms with Crippen LogP contribution >= 0.6 is 46.9 Å². The summed E-state index contributed by atoms with van der Waals surface area (Å²) >= 11 is 0. The van der Waals surface area contributed by atoms with E-state index in [2.05, 4.69) is 64.8 Å². The number of nitrogens with two attached hydrogens (primary N) is 5. The van der Waals surface area contributed by atoms with Gasteiger partial charge < -0.3 is 117 Å². The molecule has 0 radical (unpaired) electrons. The number of imidazole rings is 5. The number of alkyl halides is 1. The second-order valence-electron chi connectivity index (χ2n) is 31.0. The first-order valence-electron chi connectivity index (χ1n) is 39.3. The van der Waals surface area contributed by atoms with Gasteiger partial charge in [0.15, 0.2) is 76.5 Å². The number of nitrogens with one attached hydrogen (secondary N) is 4. The summed E-state index contributed by atoms with van der Waals surface area (Å²) in [6.45, 7) is -5.37. The summed E-state index contributed by atoms with van der Waals surface area (Å²) in [5.74, 6) is -4.01. The number of anilines is 5. The molecule has 6 bridgehead atoms. The molecule has 9 fully saturated rings. The lowest BCUT2D eigenvalue weighted by Crippen LogP contribution is -2.43. The third kappa shape index (κ3) is 18.0. The van der Waals surface area contributed by atoms with Crippen molar-refractivity contribution in [3.05, 3.63) is 122 Å². The highest BCUT2D eigenvalue weighted by atomic mass is 31.2. The van der Waals surface area contributed by atoms with Crippen LogP contribution in [0.1, 0.15) is 43.8 Å². The Balaban J connectivity index is 0.000000130. The molecule has 135 heavy (non-hydrogen) atoms. The SMILES string of the molecule is Nc1ccnc2c1ncn2[C@@H]1O[C@@H]2COP(=O)(O)O[C@@H]3[C@H](O)[C@@H](COP(=O)(O)O[C@H]2[C@H]1O)O[C@H]3n1cnc2c(=O)[nH]c(=O)[nH]c21.Nc1nc2c(ncn2[C@@H]2O[C@@H]3COP(=O)(O)O[C@H]4[C@@H](O)[C@H](n5ccc6c(N)ccnc65)O[C@@H]4COP(=O)(O)O[C@@H]2C3)c(=O)[nH]1.Nc1nc2c(ncn2[C@@H]2O[C@]3(F)COP(=O)(O)O[C@H]4[C@@H](O)[C@H](n5cnc6c(N)ccnc65)O[C@@H]4COP(=O)(O)O[C@@H]2[C@@H]3O)c(=O)[nH]1. The molecule has 12 aromatic heterocycles. The first kappa shape index (κ1) is 93.9. The van der Waals surface area contributed by atoms with Crippen molar-refractivity contribution in [1.82, 2.24) is 97.2 Å². The van der Waals surface area contributed by atoms with Crippen LogP contribution in [0.2, 0.25) is 0 Å². The fraction of sp³-hybridized carbons (Fsp3) is 0.469. The predicted octanol–water partition coefficient (Wildman–Crippen LogP) is -3.57.